The van der Waals surface area contributed by atoms with Crippen molar-refractivity contribution in [3.8, 4) is 11.5 Å². The van der Waals surface area contributed by atoms with Crippen LogP contribution in [0.4, 0.5) is 18.9 Å². The Morgan fingerprint density at radius 1 is 0.980 bits per heavy atom. The van der Waals surface area contributed by atoms with Gasteiger partial charge in [-0.15, -0.1) is 0 Å². The predicted molar refractivity (Wildman–Crippen MR) is 170 cm³/mol. The molecule has 1 heterocycles. The van der Waals surface area contributed by atoms with Gasteiger partial charge in [0, 0.05) is 36.8 Å². The van der Waals surface area contributed by atoms with Crippen LogP contribution in [0, 0.1) is 16.0 Å². The number of aliphatic hydroxyl groups is 1. The molecule has 1 aliphatic rings. The van der Waals surface area contributed by atoms with Crippen LogP contribution in [-0.2, 0) is 19.1 Å². The van der Waals surface area contributed by atoms with Crippen LogP contribution in [0.25, 0.3) is 0 Å². The quantitative estimate of drug-likeness (QED) is 0.0956. The Bertz CT molecular complexity index is 1680. The normalized spacial score (nSPS) is 16.7. The van der Waals surface area contributed by atoms with E-state index < -0.39 is 52.4 Å². The predicted octanol–water partition coefficient (Wildman–Crippen LogP) is 5.08. The smallest absolute Gasteiger partial charge is 0.430 e. The van der Waals surface area contributed by atoms with Gasteiger partial charge in [-0.05, 0) is 42.3 Å². The zero-order valence-electron chi connectivity index (χ0n) is 26.5. The number of methoxy groups -OCH3 is 1. The maximum Gasteiger partial charge on any atom is 0.430 e. The summed E-state index contributed by atoms with van der Waals surface area (Å²) in [6.45, 7) is 1.90. The lowest BCUT2D eigenvalue weighted by Gasteiger charge is -2.32. The van der Waals surface area contributed by atoms with Gasteiger partial charge in [0.05, 0.1) is 23.7 Å². The van der Waals surface area contributed by atoms with Gasteiger partial charge in [0.1, 0.15) is 42.9 Å². The fourth-order valence-electron chi connectivity index (χ4n) is 5.22. The summed E-state index contributed by atoms with van der Waals surface area (Å²) in [6.07, 6.45) is -5.71. The van der Waals surface area contributed by atoms with Gasteiger partial charge in [-0.25, -0.2) is 4.79 Å². The molecular formula is C34H34F3N3O9. The van der Waals surface area contributed by atoms with Crippen molar-refractivity contribution in [3.05, 3.63) is 111 Å². The number of carbonyl (C=O) groups excluding carboxylic acids is 2. The van der Waals surface area contributed by atoms with Crippen molar-refractivity contribution in [2.75, 3.05) is 40.0 Å². The lowest BCUT2D eigenvalue weighted by molar-refractivity contribution is -0.384. The number of allylic oxidation sites excluding steroid dienone is 1. The van der Waals surface area contributed by atoms with Crippen LogP contribution in [0.1, 0.15) is 30.1 Å². The minimum Gasteiger partial charge on any atom is -0.492 e. The van der Waals surface area contributed by atoms with Gasteiger partial charge < -0.3 is 29.4 Å². The van der Waals surface area contributed by atoms with E-state index in [4.69, 9.17) is 14.2 Å². The molecule has 260 valence electrons. The van der Waals surface area contributed by atoms with Gasteiger partial charge in [-0.2, -0.15) is 13.2 Å². The zero-order chi connectivity index (χ0) is 35.6. The number of carbonyl (C=O) groups is 2. The first-order valence-corrected chi connectivity index (χ1v) is 15.1. The van der Waals surface area contributed by atoms with E-state index in [0.717, 1.165) is 31.7 Å². The Labute approximate surface area is 279 Å². The van der Waals surface area contributed by atoms with E-state index in [0.29, 0.717) is 31.2 Å². The molecule has 0 aliphatic carbocycles. The highest BCUT2D eigenvalue weighted by Crippen LogP contribution is 2.44. The lowest BCUT2D eigenvalue weighted by Crippen LogP contribution is -2.43. The van der Waals surface area contributed by atoms with E-state index in [1.807, 2.05) is 30.3 Å². The molecule has 0 saturated heterocycles. The van der Waals surface area contributed by atoms with Crippen molar-refractivity contribution in [1.29, 1.82) is 0 Å². The van der Waals surface area contributed by atoms with E-state index >= 15 is 0 Å². The molecule has 0 fully saturated rings. The number of nitrogens with zero attached hydrogens (tertiary/aromatic N) is 2. The van der Waals surface area contributed by atoms with Gasteiger partial charge >= 0.3 is 18.1 Å². The van der Waals surface area contributed by atoms with Crippen LogP contribution in [0.5, 0.6) is 11.5 Å². The Morgan fingerprint density at radius 2 is 1.63 bits per heavy atom. The zero-order valence-corrected chi connectivity index (χ0v) is 26.5. The number of hydrogen-bond acceptors (Lipinski definition) is 11. The molecule has 15 heteroatoms. The Kier molecular flexibility index (Phi) is 12.5. The highest BCUT2D eigenvalue weighted by atomic mass is 19.4. The second kappa shape index (κ2) is 16.7. The summed E-state index contributed by atoms with van der Waals surface area (Å²) in [7, 11) is 0.886. The van der Waals surface area contributed by atoms with E-state index in [2.05, 4.69) is 15.0 Å². The molecule has 4 rings (SSSR count). The van der Waals surface area contributed by atoms with Gasteiger partial charge in [0.2, 0.25) is 0 Å². The number of aliphatic hydroxyl groups excluding tert-OH is 1. The molecule has 49 heavy (non-hydrogen) atoms. The number of nitro groups is 1. The first-order valence-electron chi connectivity index (χ1n) is 15.1. The van der Waals surface area contributed by atoms with Gasteiger partial charge in [-0.3, -0.25) is 19.9 Å². The fourth-order valence-corrected chi connectivity index (χ4v) is 5.22. The number of hydrogen-bond donors (Lipinski definition) is 2. The van der Waals surface area contributed by atoms with E-state index in [9.17, 15) is 38.0 Å². The number of halogens is 3. The summed E-state index contributed by atoms with van der Waals surface area (Å²) in [5, 5.41) is 24.7. The largest absolute Gasteiger partial charge is 0.492 e. The molecule has 0 radical (unpaired) electrons. The highest BCUT2D eigenvalue weighted by Gasteiger charge is 2.52. The number of nitrogens with one attached hydrogen (secondary N) is 1. The molecule has 3 aromatic carbocycles. The number of alkyl halides is 3. The van der Waals surface area contributed by atoms with E-state index in [1.54, 1.807) is 24.3 Å². The Hall–Kier alpha value is -5.28. The second-order valence-corrected chi connectivity index (χ2v) is 10.8. The molecule has 3 atom stereocenters. The topological polar surface area (TPSA) is 159 Å². The third-order valence-corrected chi connectivity index (χ3v) is 7.50. The van der Waals surface area contributed by atoms with Gasteiger partial charge in [-0.1, -0.05) is 42.5 Å². The van der Waals surface area contributed by atoms with Crippen molar-refractivity contribution in [2.45, 2.75) is 25.1 Å². The molecule has 12 nitrogen and oxygen atoms in total. The first-order chi connectivity index (χ1) is 23.4. The van der Waals surface area contributed by atoms with Crippen LogP contribution in [0.15, 0.2) is 95.1 Å². The monoisotopic (exact) mass is 685 g/mol. The van der Waals surface area contributed by atoms with Crippen LogP contribution >= 0.6 is 0 Å². The maximum absolute atomic E-state index is 14.1. The van der Waals surface area contributed by atoms with Crippen molar-refractivity contribution < 1.29 is 51.7 Å². The van der Waals surface area contributed by atoms with Crippen molar-refractivity contribution in [3.63, 3.8) is 0 Å². The van der Waals surface area contributed by atoms with Crippen LogP contribution in [0.3, 0.4) is 0 Å². The number of non-ortho nitro benzene ring substituents is 1. The molecule has 0 saturated carbocycles. The number of nitro benzene ring substituents is 1. The van der Waals surface area contributed by atoms with Crippen LogP contribution in [-0.4, -0.2) is 73.9 Å². The van der Waals surface area contributed by atoms with Crippen molar-refractivity contribution in [1.82, 2.24) is 5.32 Å². The minimum atomic E-state index is -5.08. The SMILES string of the molecule is COC(=O)C1C(C(F)(F)F)=NC(C)=C(C(=O)OCCOc2ccc(OCCNCC(O)c3ccccc3)cc2)C1c1cccc([N+](=O)[O-])c1. The molecule has 0 amide bonds. The lowest BCUT2D eigenvalue weighted by atomic mass is 9.75. The molecule has 3 aromatic rings. The molecular weight excluding hydrogens is 651 g/mol. The summed E-state index contributed by atoms with van der Waals surface area (Å²) in [6, 6.07) is 20.5. The molecule has 1 aliphatic heterocycles. The second-order valence-electron chi connectivity index (χ2n) is 10.8. The molecule has 0 aromatic heterocycles. The molecule has 0 bridgehead atoms. The van der Waals surface area contributed by atoms with Crippen LogP contribution < -0.4 is 14.8 Å². The minimum absolute atomic E-state index is 0.105. The molecule has 3 unspecified atom stereocenters. The first kappa shape index (κ1) is 36.6. The standard InChI is InChI=1S/C34H34F3N3O9/c1-21-28(29(23-9-6-10-24(19-23)40(44)45)30(32(42)46-2)31(39-21)34(35,36)37)33(43)49-18-17-48-26-13-11-25(12-14-26)47-16-15-38-20-27(41)22-7-4-3-5-8-22/h3-14,19,27,29-30,38,41H,15-18,20H2,1-2H3. The summed E-state index contributed by atoms with van der Waals surface area (Å²) in [5.41, 5.74) is -2.00. The van der Waals surface area contributed by atoms with E-state index in [-0.39, 0.29) is 30.0 Å². The number of aliphatic imine (C=N–C) groups is 1. The van der Waals surface area contributed by atoms with Crippen molar-refractivity contribution in [2.24, 2.45) is 10.9 Å². The average Bonchev–Trinajstić information content (AvgIpc) is 3.09. The average molecular weight is 686 g/mol. The molecule has 0 spiro atoms. The summed E-state index contributed by atoms with van der Waals surface area (Å²) >= 11 is 0. The Morgan fingerprint density at radius 3 is 2.24 bits per heavy atom. The fraction of sp³-hybridized carbons (Fsp3) is 0.324. The third kappa shape index (κ3) is 9.64. The van der Waals surface area contributed by atoms with E-state index in [1.165, 1.54) is 12.1 Å². The van der Waals surface area contributed by atoms with Gasteiger partial charge in [0.15, 0.2) is 0 Å². The van der Waals surface area contributed by atoms with Crippen molar-refractivity contribution >= 4 is 23.3 Å². The number of ether oxygens (including phenoxy) is 4. The maximum atomic E-state index is 14.1. The number of rotatable bonds is 15. The number of benzene rings is 3. The van der Waals surface area contributed by atoms with Crippen LogP contribution in [0.2, 0.25) is 0 Å². The summed E-state index contributed by atoms with van der Waals surface area (Å²) in [4.78, 5) is 40.3. The highest BCUT2D eigenvalue weighted by molar-refractivity contribution is 6.10. The molecule has 2 N–H and O–H groups in total. The third-order valence-electron chi connectivity index (χ3n) is 7.50. The summed E-state index contributed by atoms with van der Waals surface area (Å²) < 4.78 is 63.5. The Balaban J connectivity index is 1.35. The number of esters is 2. The van der Waals surface area contributed by atoms with Gasteiger partial charge in [0.25, 0.3) is 5.69 Å². The summed E-state index contributed by atoms with van der Waals surface area (Å²) in [5.74, 6) is -5.21.